The minimum Gasteiger partial charge on any atom is -0.484 e. The number of fused-ring (bicyclic) bond motifs is 1. The van der Waals surface area contributed by atoms with E-state index in [1.165, 1.54) is 12.9 Å². The second-order valence-corrected chi connectivity index (χ2v) is 6.36. The largest absolute Gasteiger partial charge is 0.484 e. The molecule has 1 aliphatic heterocycles. The number of nitrogens with zero attached hydrogens (tertiary/aromatic N) is 4. The Morgan fingerprint density at radius 3 is 3.09 bits per heavy atom. The molecule has 3 heterocycles. The van der Waals surface area contributed by atoms with Gasteiger partial charge in [0.25, 0.3) is 0 Å². The van der Waals surface area contributed by atoms with Crippen LogP contribution < -0.4 is 5.73 Å². The number of anilines is 1. The van der Waals surface area contributed by atoms with Crippen LogP contribution >= 0.6 is 7.60 Å². The Balaban J connectivity index is 0.00000176. The van der Waals surface area contributed by atoms with E-state index in [9.17, 15) is 4.57 Å². The van der Waals surface area contributed by atoms with Crippen LogP contribution in [0.25, 0.3) is 11.2 Å². The summed E-state index contributed by atoms with van der Waals surface area (Å²) >= 11 is 0. The number of ether oxygens (including phenoxy) is 1. The van der Waals surface area contributed by atoms with Crippen LogP contribution in [0.5, 0.6) is 0 Å². The number of imidazole rings is 1. The Labute approximate surface area is 139 Å². The number of hydrogen-bond acceptors (Lipinski definition) is 8. The average molecular weight is 363 g/mol. The van der Waals surface area contributed by atoms with Crippen molar-refractivity contribution in [1.29, 1.82) is 0 Å². The van der Waals surface area contributed by atoms with Crippen molar-refractivity contribution in [3.8, 4) is 0 Å². The topological polar surface area (TPSA) is 114 Å². The summed E-state index contributed by atoms with van der Waals surface area (Å²) in [5, 5.41) is 0. The molecule has 119 valence electrons. The Bertz CT molecular complexity index is 672. The van der Waals surface area contributed by atoms with Gasteiger partial charge >= 0.3 is 7.60 Å². The molecule has 2 N–H and O–H groups in total. The zero-order valence-electron chi connectivity index (χ0n) is 11.7. The van der Waals surface area contributed by atoms with Gasteiger partial charge < -0.3 is 24.1 Å². The quantitative estimate of drug-likeness (QED) is 0.478. The summed E-state index contributed by atoms with van der Waals surface area (Å²) in [5.74, 6) is 0.337. The van der Waals surface area contributed by atoms with Gasteiger partial charge in [0.2, 0.25) is 0 Å². The molecule has 1 fully saturated rings. The van der Waals surface area contributed by atoms with Crippen LogP contribution in [0.2, 0.25) is 0 Å². The molecule has 0 aliphatic carbocycles. The molecule has 22 heavy (non-hydrogen) atoms. The Kier molecular flexibility index (Phi) is 5.97. The summed E-state index contributed by atoms with van der Waals surface area (Å²) in [7, 11) is -3.12. The second-order valence-electron chi connectivity index (χ2n) is 4.41. The molecule has 1 atom stereocenters. The van der Waals surface area contributed by atoms with E-state index in [2.05, 4.69) is 15.0 Å². The molecule has 0 amide bonds. The van der Waals surface area contributed by atoms with Gasteiger partial charge in [0, 0.05) is 31.7 Å². The molecule has 9 nitrogen and oxygen atoms in total. The van der Waals surface area contributed by atoms with Gasteiger partial charge in [-0.2, -0.15) is 6.61 Å². The van der Waals surface area contributed by atoms with Crippen LogP contribution in [0.1, 0.15) is 6.42 Å². The van der Waals surface area contributed by atoms with Crippen molar-refractivity contribution in [2.45, 2.75) is 13.0 Å². The number of nitrogen functional groups attached to an aromatic ring is 1. The standard InChI is InChI=1S/C11H15N5O4P.V/c12-10-9-11(14-6-13-10)16(7-15-9)2-5-18-8-21(17)19-3-1-4-20-21;/h3,6-7H,1-2,4-5,8H2,(H2,12,13,14);/q-1;/t21-;/m0./s1. The van der Waals surface area contributed by atoms with E-state index >= 15 is 0 Å². The molecule has 2 aromatic heterocycles. The first-order valence-electron chi connectivity index (χ1n) is 6.41. The maximum absolute atomic E-state index is 12.0. The minimum absolute atomic E-state index is 0. The fourth-order valence-electron chi connectivity index (χ4n) is 1.91. The van der Waals surface area contributed by atoms with E-state index in [1.54, 1.807) is 10.9 Å². The molecular weight excluding hydrogens is 348 g/mol. The zero-order chi connectivity index (χ0) is 14.7. The Morgan fingerprint density at radius 2 is 2.32 bits per heavy atom. The van der Waals surface area contributed by atoms with E-state index in [-0.39, 0.29) is 24.9 Å². The van der Waals surface area contributed by atoms with Crippen molar-refractivity contribution in [3.63, 3.8) is 0 Å². The first-order valence-corrected chi connectivity index (χ1v) is 8.13. The second kappa shape index (κ2) is 7.54. The van der Waals surface area contributed by atoms with Gasteiger partial charge in [0.15, 0.2) is 11.5 Å². The van der Waals surface area contributed by atoms with E-state index in [0.29, 0.717) is 43.2 Å². The van der Waals surface area contributed by atoms with E-state index in [1.807, 2.05) is 0 Å². The van der Waals surface area contributed by atoms with Gasteiger partial charge in [-0.1, -0.05) is 0 Å². The summed E-state index contributed by atoms with van der Waals surface area (Å²) in [6, 6.07) is 0. The van der Waals surface area contributed by atoms with Crippen LogP contribution in [-0.2, 0) is 43.4 Å². The molecule has 0 spiro atoms. The van der Waals surface area contributed by atoms with Crippen LogP contribution in [0.15, 0.2) is 12.7 Å². The Morgan fingerprint density at radius 1 is 1.45 bits per heavy atom. The molecule has 11 heteroatoms. The van der Waals surface area contributed by atoms with Crippen LogP contribution in [0.4, 0.5) is 5.82 Å². The number of rotatable bonds is 5. The van der Waals surface area contributed by atoms with E-state index in [4.69, 9.17) is 19.5 Å². The SMILES string of the molecule is Nc1ncnc2c1ncn2CCOC[P@]1(=O)O[CH-]CCO1.[V]. The third-order valence-corrected chi connectivity index (χ3v) is 4.46. The van der Waals surface area contributed by atoms with Crippen molar-refractivity contribution in [1.82, 2.24) is 19.5 Å². The average Bonchev–Trinajstić information content (AvgIpc) is 2.89. The fourth-order valence-corrected chi connectivity index (χ4v) is 3.17. The molecular formula is C11H15N5O4PV-. The maximum Gasteiger partial charge on any atom is 0.325 e. The van der Waals surface area contributed by atoms with Gasteiger partial charge in [-0.3, -0.25) is 4.57 Å². The van der Waals surface area contributed by atoms with Crippen LogP contribution in [-0.4, -0.2) is 39.1 Å². The molecule has 1 saturated heterocycles. The summed E-state index contributed by atoms with van der Waals surface area (Å²) in [4.78, 5) is 12.2. The summed E-state index contributed by atoms with van der Waals surface area (Å²) in [5.41, 5.74) is 6.90. The molecule has 0 aromatic carbocycles. The number of aromatic nitrogens is 4. The molecule has 2 aromatic rings. The van der Waals surface area contributed by atoms with Gasteiger partial charge in [-0.15, -0.1) is 6.42 Å². The van der Waals surface area contributed by atoms with Crippen molar-refractivity contribution in [2.24, 2.45) is 0 Å². The predicted octanol–water partition coefficient (Wildman–Crippen LogP) is 1.17. The zero-order valence-corrected chi connectivity index (χ0v) is 14.0. The van der Waals surface area contributed by atoms with Crippen molar-refractivity contribution in [2.75, 3.05) is 25.3 Å². The van der Waals surface area contributed by atoms with Crippen LogP contribution in [0.3, 0.4) is 0 Å². The van der Waals surface area contributed by atoms with E-state index < -0.39 is 7.60 Å². The van der Waals surface area contributed by atoms with Gasteiger partial charge in [0.05, 0.1) is 12.9 Å². The molecule has 1 radical (unpaired) electrons. The number of hydrogen-bond donors (Lipinski definition) is 1. The first kappa shape index (κ1) is 17.4. The van der Waals surface area contributed by atoms with Gasteiger partial charge in [-0.05, 0) is 0 Å². The van der Waals surface area contributed by atoms with Crippen molar-refractivity contribution >= 4 is 24.6 Å². The van der Waals surface area contributed by atoms with Crippen molar-refractivity contribution in [3.05, 3.63) is 19.3 Å². The molecule has 1 aliphatic rings. The fraction of sp³-hybridized carbons (Fsp3) is 0.455. The van der Waals surface area contributed by atoms with E-state index in [0.717, 1.165) is 0 Å². The minimum atomic E-state index is -3.12. The third-order valence-electron chi connectivity index (χ3n) is 2.91. The van der Waals surface area contributed by atoms with Crippen molar-refractivity contribution < 1.29 is 36.9 Å². The molecule has 0 saturated carbocycles. The normalized spacial score (nSPS) is 21.6. The summed E-state index contributed by atoms with van der Waals surface area (Å²) in [6.07, 6.45) is 3.55. The van der Waals surface area contributed by atoms with Crippen LogP contribution in [0, 0.1) is 6.61 Å². The monoisotopic (exact) mass is 363 g/mol. The third kappa shape index (κ3) is 3.87. The summed E-state index contributed by atoms with van der Waals surface area (Å²) < 4.78 is 29.3. The molecule has 3 rings (SSSR count). The van der Waals surface area contributed by atoms with Gasteiger partial charge in [-0.25, -0.2) is 15.0 Å². The Hall–Kier alpha value is -0.956. The molecule has 0 unspecified atom stereocenters. The smallest absolute Gasteiger partial charge is 0.325 e. The number of nitrogens with two attached hydrogens (primary N) is 1. The predicted molar refractivity (Wildman–Crippen MR) is 74.1 cm³/mol. The summed E-state index contributed by atoms with van der Waals surface area (Å²) in [6.45, 7) is 2.71. The molecule has 0 bridgehead atoms. The maximum atomic E-state index is 12.0. The van der Waals surface area contributed by atoms with Gasteiger partial charge in [0.1, 0.15) is 18.2 Å². The first-order chi connectivity index (χ1) is 10.2.